The third-order valence-corrected chi connectivity index (χ3v) is 2.24. The fraction of sp³-hybridized carbons (Fsp3) is 0.182. The molecule has 88 valence electrons. The number of halogens is 3. The molecule has 0 spiro atoms. The van der Waals surface area contributed by atoms with Gasteiger partial charge in [0.2, 0.25) is 0 Å². The zero-order chi connectivity index (χ0) is 12.6. The summed E-state index contributed by atoms with van der Waals surface area (Å²) in [7, 11) is 0. The van der Waals surface area contributed by atoms with Gasteiger partial charge in [0.25, 0.3) is 0 Å². The highest BCUT2D eigenvalue weighted by Crippen LogP contribution is 2.32. The number of carbonyl (C=O) groups excluding carboxylic acids is 1. The number of rotatable bonds is 1. The average molecular weight is 240 g/mol. The van der Waals surface area contributed by atoms with Crippen LogP contribution in [0, 0.1) is 0 Å². The summed E-state index contributed by atoms with van der Waals surface area (Å²) >= 11 is 0. The summed E-state index contributed by atoms with van der Waals surface area (Å²) in [6.07, 6.45) is -3.31. The molecule has 2 heterocycles. The number of carbonyl (C=O) groups is 1. The Kier molecular flexibility index (Phi) is 2.57. The van der Waals surface area contributed by atoms with Crippen molar-refractivity contribution >= 4 is 16.8 Å². The number of aromatic nitrogens is 2. The standard InChI is InChI=1S/C11H7F3N2O/c1-6(17)8-5-7-3-2-4-15-10(7)16-9(8)11(12,13)14/h2-5H,1H3. The minimum atomic E-state index is -4.66. The number of nitrogens with zero attached hydrogens (tertiary/aromatic N) is 2. The van der Waals surface area contributed by atoms with Crippen LogP contribution in [0.1, 0.15) is 23.0 Å². The molecule has 2 aromatic heterocycles. The van der Waals surface area contributed by atoms with Gasteiger partial charge in [0.05, 0.1) is 0 Å². The lowest BCUT2D eigenvalue weighted by molar-refractivity contribution is -0.141. The number of hydrogen-bond acceptors (Lipinski definition) is 3. The zero-order valence-corrected chi connectivity index (χ0v) is 8.75. The smallest absolute Gasteiger partial charge is 0.294 e. The minimum absolute atomic E-state index is 0.0233. The van der Waals surface area contributed by atoms with Crippen molar-refractivity contribution in [2.24, 2.45) is 0 Å². The molecule has 0 unspecified atom stereocenters. The van der Waals surface area contributed by atoms with E-state index in [0.717, 1.165) is 6.92 Å². The van der Waals surface area contributed by atoms with Gasteiger partial charge in [0.1, 0.15) is 0 Å². The fourth-order valence-corrected chi connectivity index (χ4v) is 1.49. The predicted molar refractivity (Wildman–Crippen MR) is 54.5 cm³/mol. The first-order valence-corrected chi connectivity index (χ1v) is 4.73. The van der Waals surface area contributed by atoms with Crippen molar-refractivity contribution in [3.05, 3.63) is 35.7 Å². The monoisotopic (exact) mass is 240 g/mol. The fourth-order valence-electron chi connectivity index (χ4n) is 1.49. The van der Waals surface area contributed by atoms with E-state index in [1.54, 1.807) is 12.1 Å². The van der Waals surface area contributed by atoms with Gasteiger partial charge in [0.15, 0.2) is 17.1 Å². The van der Waals surface area contributed by atoms with E-state index in [0.29, 0.717) is 5.39 Å². The Hall–Kier alpha value is -1.98. The van der Waals surface area contributed by atoms with Crippen molar-refractivity contribution in [2.45, 2.75) is 13.1 Å². The third kappa shape index (κ3) is 2.11. The summed E-state index contributed by atoms with van der Waals surface area (Å²) < 4.78 is 38.1. The normalized spacial score (nSPS) is 11.8. The first kappa shape index (κ1) is 11.5. The number of pyridine rings is 2. The molecule has 17 heavy (non-hydrogen) atoms. The molecule has 0 bridgehead atoms. The van der Waals surface area contributed by atoms with Crippen LogP contribution in [0.15, 0.2) is 24.4 Å². The van der Waals surface area contributed by atoms with E-state index in [2.05, 4.69) is 9.97 Å². The molecule has 0 N–H and O–H groups in total. The first-order valence-electron chi connectivity index (χ1n) is 4.73. The highest BCUT2D eigenvalue weighted by atomic mass is 19.4. The molecule has 0 aliphatic rings. The SMILES string of the molecule is CC(=O)c1cc2cccnc2nc1C(F)(F)F. The van der Waals surface area contributed by atoms with E-state index in [9.17, 15) is 18.0 Å². The maximum atomic E-state index is 12.7. The van der Waals surface area contributed by atoms with Crippen molar-refractivity contribution in [1.82, 2.24) is 9.97 Å². The topological polar surface area (TPSA) is 42.9 Å². The van der Waals surface area contributed by atoms with Gasteiger partial charge in [-0.1, -0.05) is 0 Å². The number of alkyl halides is 3. The predicted octanol–water partition coefficient (Wildman–Crippen LogP) is 2.85. The lowest BCUT2D eigenvalue weighted by Crippen LogP contribution is -2.14. The Labute approximate surface area is 94.3 Å². The molecule has 0 radical (unpaired) electrons. The second-order valence-electron chi connectivity index (χ2n) is 3.49. The summed E-state index contributed by atoms with van der Waals surface area (Å²) in [5, 5.41) is 0.408. The summed E-state index contributed by atoms with van der Waals surface area (Å²) in [5.41, 5.74) is -1.64. The van der Waals surface area contributed by atoms with Gasteiger partial charge in [-0.15, -0.1) is 0 Å². The van der Waals surface area contributed by atoms with Gasteiger partial charge in [-0.25, -0.2) is 9.97 Å². The number of ketones is 1. The second kappa shape index (κ2) is 3.80. The number of hydrogen-bond donors (Lipinski definition) is 0. The highest BCUT2D eigenvalue weighted by Gasteiger charge is 2.37. The van der Waals surface area contributed by atoms with E-state index in [1.165, 1.54) is 12.3 Å². The maximum Gasteiger partial charge on any atom is 0.434 e. The Morgan fingerprint density at radius 3 is 2.65 bits per heavy atom. The molecule has 0 aliphatic carbocycles. The van der Waals surface area contributed by atoms with Gasteiger partial charge in [-0.05, 0) is 25.1 Å². The summed E-state index contributed by atoms with van der Waals surface area (Å²) in [6, 6.07) is 4.30. The Morgan fingerprint density at radius 1 is 1.35 bits per heavy atom. The van der Waals surface area contributed by atoms with Crippen LogP contribution in [0.25, 0.3) is 11.0 Å². The van der Waals surface area contributed by atoms with Crippen LogP contribution in [0.3, 0.4) is 0 Å². The number of Topliss-reactive ketones (excluding diaryl/α,β-unsaturated/α-hetero) is 1. The molecule has 0 fully saturated rings. The quantitative estimate of drug-likeness (QED) is 0.720. The Balaban J connectivity index is 2.80. The lowest BCUT2D eigenvalue weighted by Gasteiger charge is -2.10. The van der Waals surface area contributed by atoms with Crippen molar-refractivity contribution in [1.29, 1.82) is 0 Å². The molecule has 0 amide bonds. The molecule has 3 nitrogen and oxygen atoms in total. The van der Waals surface area contributed by atoms with E-state index < -0.39 is 23.2 Å². The van der Waals surface area contributed by atoms with Gasteiger partial charge in [-0.2, -0.15) is 13.2 Å². The first-order chi connectivity index (χ1) is 7.89. The van der Waals surface area contributed by atoms with Crippen LogP contribution in [-0.4, -0.2) is 15.8 Å². The molecule has 2 aromatic rings. The van der Waals surface area contributed by atoms with Gasteiger partial charge in [0, 0.05) is 17.1 Å². The van der Waals surface area contributed by atoms with Crippen molar-refractivity contribution in [3.8, 4) is 0 Å². The largest absolute Gasteiger partial charge is 0.434 e. The van der Waals surface area contributed by atoms with E-state index in [4.69, 9.17) is 0 Å². The van der Waals surface area contributed by atoms with E-state index >= 15 is 0 Å². The lowest BCUT2D eigenvalue weighted by atomic mass is 10.1. The molecule has 6 heteroatoms. The van der Waals surface area contributed by atoms with E-state index in [-0.39, 0.29) is 5.65 Å². The zero-order valence-electron chi connectivity index (χ0n) is 8.75. The summed E-state index contributed by atoms with van der Waals surface area (Å²) in [5.74, 6) is -0.671. The maximum absolute atomic E-state index is 12.7. The van der Waals surface area contributed by atoms with Crippen LogP contribution in [0.2, 0.25) is 0 Å². The highest BCUT2D eigenvalue weighted by molar-refractivity contribution is 5.98. The average Bonchev–Trinajstić information content (AvgIpc) is 2.26. The van der Waals surface area contributed by atoms with Gasteiger partial charge >= 0.3 is 6.18 Å². The molecular weight excluding hydrogens is 233 g/mol. The van der Waals surface area contributed by atoms with Crippen LogP contribution in [0.5, 0.6) is 0 Å². The molecule has 0 atom stereocenters. The molecule has 0 aliphatic heterocycles. The number of fused-ring (bicyclic) bond motifs is 1. The Bertz CT molecular complexity index is 593. The summed E-state index contributed by atoms with van der Waals surface area (Å²) in [4.78, 5) is 18.3. The van der Waals surface area contributed by atoms with Gasteiger partial charge < -0.3 is 0 Å². The minimum Gasteiger partial charge on any atom is -0.294 e. The van der Waals surface area contributed by atoms with Crippen molar-refractivity contribution in [3.63, 3.8) is 0 Å². The third-order valence-electron chi connectivity index (χ3n) is 2.24. The van der Waals surface area contributed by atoms with Crippen LogP contribution in [-0.2, 0) is 6.18 Å². The Morgan fingerprint density at radius 2 is 2.06 bits per heavy atom. The molecule has 2 rings (SSSR count). The van der Waals surface area contributed by atoms with Crippen molar-refractivity contribution in [2.75, 3.05) is 0 Å². The van der Waals surface area contributed by atoms with Crippen LogP contribution in [0.4, 0.5) is 13.2 Å². The molecule has 0 saturated carbocycles. The second-order valence-corrected chi connectivity index (χ2v) is 3.49. The summed E-state index contributed by atoms with van der Waals surface area (Å²) in [6.45, 7) is 1.08. The van der Waals surface area contributed by atoms with Crippen LogP contribution >= 0.6 is 0 Å². The van der Waals surface area contributed by atoms with Gasteiger partial charge in [-0.3, -0.25) is 4.79 Å². The molecular formula is C11H7F3N2O. The van der Waals surface area contributed by atoms with Crippen LogP contribution < -0.4 is 0 Å². The van der Waals surface area contributed by atoms with E-state index in [1.807, 2.05) is 0 Å². The molecule has 0 saturated heterocycles. The molecule has 0 aromatic carbocycles. The van der Waals surface area contributed by atoms with Crippen molar-refractivity contribution < 1.29 is 18.0 Å².